The van der Waals surface area contributed by atoms with Crippen molar-refractivity contribution >= 4 is 35.7 Å². The number of nitrogens with one attached hydrogen (secondary N) is 1. The van der Waals surface area contributed by atoms with Gasteiger partial charge in [-0.2, -0.15) is 0 Å². The monoisotopic (exact) mass is 349 g/mol. The van der Waals surface area contributed by atoms with E-state index in [1.807, 2.05) is 35.2 Å². The first-order chi connectivity index (χ1) is 9.75. The molecule has 22 heavy (non-hydrogen) atoms. The summed E-state index contributed by atoms with van der Waals surface area (Å²) in [6, 6.07) is 10.3. The van der Waals surface area contributed by atoms with E-state index >= 15 is 0 Å². The normalized spacial score (nSPS) is 16.9. The van der Waals surface area contributed by atoms with Gasteiger partial charge in [-0.1, -0.05) is 24.3 Å². The Bertz CT molecular complexity index is 592. The number of aromatic nitrogens is 1. The van der Waals surface area contributed by atoms with Gasteiger partial charge in [0.2, 0.25) is 0 Å². The van der Waals surface area contributed by atoms with Crippen LogP contribution in [0.3, 0.4) is 0 Å². The fraction of sp³-hybridized carbons (Fsp3) is 0.400. The number of pyridine rings is 1. The van der Waals surface area contributed by atoms with Gasteiger partial charge in [0.1, 0.15) is 6.04 Å². The molecule has 122 valence electrons. The molecular formula is C15H19Cl2F2N3. The molecule has 2 heterocycles. The van der Waals surface area contributed by atoms with E-state index in [-0.39, 0.29) is 24.8 Å². The highest BCUT2D eigenvalue weighted by Crippen LogP contribution is 2.27. The second kappa shape index (κ2) is 8.58. The molecule has 0 saturated carbocycles. The second-order valence-electron chi connectivity index (χ2n) is 4.99. The first kappa shape index (κ1) is 19.0. The predicted molar refractivity (Wildman–Crippen MR) is 89.4 cm³/mol. The van der Waals surface area contributed by atoms with Gasteiger partial charge in [-0.25, -0.2) is 8.78 Å². The van der Waals surface area contributed by atoms with Crippen molar-refractivity contribution < 1.29 is 8.78 Å². The molecule has 3 rings (SSSR count). The molecule has 7 heteroatoms. The maximum absolute atomic E-state index is 13.5. The molecule has 1 aliphatic rings. The fourth-order valence-electron chi connectivity index (χ4n) is 2.68. The number of hydrogen-bond donors (Lipinski definition) is 1. The Morgan fingerprint density at radius 1 is 1.00 bits per heavy atom. The van der Waals surface area contributed by atoms with Crippen LogP contribution in [-0.4, -0.2) is 42.5 Å². The minimum absolute atomic E-state index is 0. The summed E-state index contributed by atoms with van der Waals surface area (Å²) in [6.07, 6.45) is -2.43. The van der Waals surface area contributed by atoms with Gasteiger partial charge in [0.25, 0.3) is 6.43 Å². The van der Waals surface area contributed by atoms with E-state index in [0.717, 1.165) is 24.0 Å². The van der Waals surface area contributed by atoms with Crippen LogP contribution in [-0.2, 0) is 0 Å². The van der Waals surface area contributed by atoms with Crippen molar-refractivity contribution in [2.24, 2.45) is 0 Å². The Labute approximate surface area is 140 Å². The highest BCUT2D eigenvalue weighted by atomic mass is 35.5. The number of halogens is 4. The van der Waals surface area contributed by atoms with Crippen molar-refractivity contribution in [2.45, 2.75) is 12.5 Å². The molecule has 1 aromatic heterocycles. The number of fused-ring (bicyclic) bond motifs is 1. The molecule has 1 atom stereocenters. The molecule has 0 bridgehead atoms. The molecule has 1 aromatic carbocycles. The Morgan fingerprint density at radius 3 is 2.36 bits per heavy atom. The molecule has 0 spiro atoms. The van der Waals surface area contributed by atoms with Crippen molar-refractivity contribution in [1.29, 1.82) is 0 Å². The van der Waals surface area contributed by atoms with Crippen LogP contribution < -0.4 is 5.32 Å². The fourth-order valence-corrected chi connectivity index (χ4v) is 2.68. The minimum Gasteiger partial charge on any atom is -0.314 e. The van der Waals surface area contributed by atoms with Gasteiger partial charge < -0.3 is 5.32 Å². The molecule has 0 aliphatic carbocycles. The molecule has 1 saturated heterocycles. The molecule has 3 nitrogen and oxygen atoms in total. The smallest absolute Gasteiger partial charge is 0.259 e. The summed E-state index contributed by atoms with van der Waals surface area (Å²) < 4.78 is 26.9. The lowest BCUT2D eigenvalue weighted by Crippen LogP contribution is -2.47. The minimum atomic E-state index is -2.43. The molecule has 1 aliphatic heterocycles. The van der Waals surface area contributed by atoms with Crippen LogP contribution >= 0.6 is 24.8 Å². The Balaban J connectivity index is 0.00000121. The van der Waals surface area contributed by atoms with Crippen molar-refractivity contribution in [2.75, 3.05) is 26.2 Å². The van der Waals surface area contributed by atoms with E-state index in [9.17, 15) is 8.78 Å². The average molecular weight is 350 g/mol. The summed E-state index contributed by atoms with van der Waals surface area (Å²) in [6.45, 7) is 2.75. The third-order valence-electron chi connectivity index (χ3n) is 3.71. The van der Waals surface area contributed by atoms with E-state index < -0.39 is 12.5 Å². The molecule has 0 unspecified atom stereocenters. The van der Waals surface area contributed by atoms with Crippen LogP contribution in [0.4, 0.5) is 8.78 Å². The molecule has 0 radical (unpaired) electrons. The molecule has 0 amide bonds. The third-order valence-corrected chi connectivity index (χ3v) is 3.71. The van der Waals surface area contributed by atoms with E-state index in [4.69, 9.17) is 0 Å². The van der Waals surface area contributed by atoms with Gasteiger partial charge in [-0.05, 0) is 12.1 Å². The lowest BCUT2D eigenvalue weighted by molar-refractivity contribution is 0.0162. The number of benzene rings is 1. The summed E-state index contributed by atoms with van der Waals surface area (Å²) in [5.74, 6) is 0. The van der Waals surface area contributed by atoms with Crippen molar-refractivity contribution in [1.82, 2.24) is 15.2 Å². The lowest BCUT2D eigenvalue weighted by atomic mass is 10.1. The summed E-state index contributed by atoms with van der Waals surface area (Å²) in [7, 11) is 0. The quantitative estimate of drug-likeness (QED) is 0.921. The zero-order chi connectivity index (χ0) is 13.9. The Morgan fingerprint density at radius 2 is 1.68 bits per heavy atom. The number of hydrogen-bond acceptors (Lipinski definition) is 3. The summed E-state index contributed by atoms with van der Waals surface area (Å²) in [4.78, 5) is 6.25. The van der Waals surface area contributed by atoms with Gasteiger partial charge in [0.05, 0.1) is 11.2 Å². The van der Waals surface area contributed by atoms with Crippen LogP contribution in [0.1, 0.15) is 11.7 Å². The summed E-state index contributed by atoms with van der Waals surface area (Å²) >= 11 is 0. The van der Waals surface area contributed by atoms with Gasteiger partial charge >= 0.3 is 0 Å². The maximum atomic E-state index is 13.5. The topological polar surface area (TPSA) is 28.2 Å². The molecular weight excluding hydrogens is 331 g/mol. The number of alkyl halides is 2. The zero-order valence-electron chi connectivity index (χ0n) is 11.9. The SMILES string of the molecule is Cl.Cl.FC(F)[C@@H](c1ccc2ccccc2n1)N1CCNCC1. The predicted octanol–water partition coefficient (Wildman–Crippen LogP) is 3.29. The largest absolute Gasteiger partial charge is 0.314 e. The lowest BCUT2D eigenvalue weighted by Gasteiger charge is -2.34. The van der Waals surface area contributed by atoms with Gasteiger partial charge in [-0.3, -0.25) is 9.88 Å². The Kier molecular flexibility index (Phi) is 7.42. The first-order valence-electron chi connectivity index (χ1n) is 6.84. The number of piperazine rings is 1. The molecule has 1 fully saturated rings. The maximum Gasteiger partial charge on any atom is 0.259 e. The number of para-hydroxylation sites is 1. The average Bonchev–Trinajstić information content (AvgIpc) is 2.48. The van der Waals surface area contributed by atoms with Crippen molar-refractivity contribution in [3.05, 3.63) is 42.1 Å². The van der Waals surface area contributed by atoms with Crippen LogP contribution in [0, 0.1) is 0 Å². The van der Waals surface area contributed by atoms with Crippen LogP contribution in [0.25, 0.3) is 10.9 Å². The highest BCUT2D eigenvalue weighted by Gasteiger charge is 2.31. The highest BCUT2D eigenvalue weighted by molar-refractivity contribution is 5.85. The van der Waals surface area contributed by atoms with Gasteiger partial charge in [-0.15, -0.1) is 24.8 Å². The van der Waals surface area contributed by atoms with Crippen LogP contribution in [0.15, 0.2) is 36.4 Å². The molecule has 2 aromatic rings. The Hall–Kier alpha value is -1.01. The first-order valence-corrected chi connectivity index (χ1v) is 6.84. The zero-order valence-corrected chi connectivity index (χ0v) is 13.5. The second-order valence-corrected chi connectivity index (χ2v) is 4.99. The van der Waals surface area contributed by atoms with E-state index in [2.05, 4.69) is 10.3 Å². The van der Waals surface area contributed by atoms with Gasteiger partial charge in [0.15, 0.2) is 0 Å². The van der Waals surface area contributed by atoms with E-state index in [0.29, 0.717) is 18.8 Å². The molecule has 1 N–H and O–H groups in total. The number of rotatable bonds is 3. The summed E-state index contributed by atoms with van der Waals surface area (Å²) in [5.41, 5.74) is 1.23. The van der Waals surface area contributed by atoms with E-state index in [1.54, 1.807) is 6.07 Å². The van der Waals surface area contributed by atoms with Crippen LogP contribution in [0.5, 0.6) is 0 Å². The number of nitrogens with zero attached hydrogens (tertiary/aromatic N) is 2. The standard InChI is InChI=1S/C15H17F2N3.2ClH/c16-15(17)14(20-9-7-18-8-10-20)13-6-5-11-3-1-2-4-12(11)19-13;;/h1-6,14-15,18H,7-10H2;2*1H/t14-;;/m1../s1. The van der Waals surface area contributed by atoms with E-state index in [1.165, 1.54) is 0 Å². The van der Waals surface area contributed by atoms with Crippen LogP contribution in [0.2, 0.25) is 0 Å². The van der Waals surface area contributed by atoms with Crippen molar-refractivity contribution in [3.63, 3.8) is 0 Å². The summed E-state index contributed by atoms with van der Waals surface area (Å²) in [5, 5.41) is 4.16. The van der Waals surface area contributed by atoms with Crippen molar-refractivity contribution in [3.8, 4) is 0 Å². The van der Waals surface area contributed by atoms with Gasteiger partial charge in [0, 0.05) is 31.6 Å². The third kappa shape index (κ3) is 4.04.